The van der Waals surface area contributed by atoms with Crippen molar-refractivity contribution in [2.75, 3.05) is 0 Å². The number of fused-ring (bicyclic) bond motifs is 8. The Morgan fingerprint density at radius 3 is 1.74 bits per heavy atom. The van der Waals surface area contributed by atoms with E-state index in [2.05, 4.69) is 92.1 Å². The fourth-order valence-electron chi connectivity index (χ4n) is 3.53. The van der Waals surface area contributed by atoms with E-state index in [4.69, 9.17) is 4.74 Å². The third kappa shape index (κ3) is 3.62. The van der Waals surface area contributed by atoms with Gasteiger partial charge >= 0.3 is 0 Å². The number of hydrogen-bond acceptors (Lipinski definition) is 1. The van der Waals surface area contributed by atoms with Crippen molar-refractivity contribution >= 4 is 0 Å². The molecule has 5 nitrogen and oxygen atoms in total. The highest BCUT2D eigenvalue weighted by Crippen LogP contribution is 2.23. The van der Waals surface area contributed by atoms with Crippen molar-refractivity contribution in [3.8, 4) is 11.5 Å². The Balaban J connectivity index is 1.53. The molecule has 0 N–H and O–H groups in total. The van der Waals surface area contributed by atoms with E-state index in [1.165, 1.54) is 11.1 Å². The van der Waals surface area contributed by atoms with E-state index < -0.39 is 0 Å². The van der Waals surface area contributed by atoms with Gasteiger partial charge in [0.1, 0.15) is 62.5 Å². The highest BCUT2D eigenvalue weighted by molar-refractivity contribution is 5.35. The molecule has 134 valence electrons. The maximum atomic E-state index is 6.13. The monoisotopic (exact) mass is 358 g/mol. The van der Waals surface area contributed by atoms with Gasteiger partial charge in [-0.15, -0.1) is 0 Å². The summed E-state index contributed by atoms with van der Waals surface area (Å²) in [5, 5.41) is 0. The molecule has 5 rings (SSSR count). The minimum atomic E-state index is 0.827. The molecule has 0 atom stereocenters. The first kappa shape index (κ1) is 15.9. The molecule has 0 saturated carbocycles. The molecule has 0 unspecified atom stereocenters. The Morgan fingerprint density at radius 1 is 0.704 bits per heavy atom. The summed E-state index contributed by atoms with van der Waals surface area (Å²) in [5.41, 5.74) is 2.45. The molecule has 0 aliphatic carbocycles. The van der Waals surface area contributed by atoms with Crippen LogP contribution >= 0.6 is 0 Å². The fourth-order valence-corrected chi connectivity index (χ4v) is 3.53. The topological polar surface area (TPSA) is 26.8 Å². The molecule has 0 radical (unpaired) electrons. The zero-order valence-corrected chi connectivity index (χ0v) is 15.1. The molecular formula is C22H22N4O+2. The molecule has 1 aliphatic rings. The minimum absolute atomic E-state index is 0.827. The van der Waals surface area contributed by atoms with Gasteiger partial charge in [0.05, 0.1) is 0 Å². The summed E-state index contributed by atoms with van der Waals surface area (Å²) in [6, 6.07) is 16.6. The van der Waals surface area contributed by atoms with Crippen LogP contribution in [0.1, 0.15) is 11.1 Å². The van der Waals surface area contributed by atoms with Gasteiger partial charge in [0.15, 0.2) is 0 Å². The molecule has 0 amide bonds. The fraction of sp³-hybridized carbons (Fsp3) is 0.182. The van der Waals surface area contributed by atoms with Crippen LogP contribution in [0.4, 0.5) is 0 Å². The van der Waals surface area contributed by atoms with Crippen molar-refractivity contribution in [3.63, 3.8) is 0 Å². The van der Waals surface area contributed by atoms with E-state index in [1.807, 2.05) is 12.1 Å². The van der Waals surface area contributed by atoms with Crippen molar-refractivity contribution in [3.05, 3.63) is 97.1 Å². The lowest BCUT2D eigenvalue weighted by Crippen LogP contribution is -2.32. The molecule has 27 heavy (non-hydrogen) atoms. The van der Waals surface area contributed by atoms with Gasteiger partial charge in [-0.25, -0.2) is 18.3 Å². The van der Waals surface area contributed by atoms with Gasteiger partial charge in [-0.05, 0) is 35.4 Å². The van der Waals surface area contributed by atoms with Crippen LogP contribution in [0.25, 0.3) is 0 Å². The Hall–Kier alpha value is -3.34. The van der Waals surface area contributed by atoms with Crippen LogP contribution < -0.4 is 13.9 Å². The van der Waals surface area contributed by atoms with Gasteiger partial charge in [-0.2, -0.15) is 0 Å². The van der Waals surface area contributed by atoms with Gasteiger partial charge in [0, 0.05) is 0 Å². The number of imidazole rings is 2. The summed E-state index contributed by atoms with van der Waals surface area (Å²) in [5.74, 6) is 1.74. The molecule has 2 aromatic carbocycles. The van der Waals surface area contributed by atoms with Crippen molar-refractivity contribution in [1.29, 1.82) is 0 Å². The lowest BCUT2D eigenvalue weighted by molar-refractivity contribution is -0.688. The normalized spacial score (nSPS) is 13.6. The average Bonchev–Trinajstić information content (AvgIpc) is 3.29. The van der Waals surface area contributed by atoms with Crippen molar-refractivity contribution < 1.29 is 13.9 Å². The van der Waals surface area contributed by atoms with Crippen LogP contribution in [0.15, 0.2) is 86.0 Å². The van der Waals surface area contributed by atoms with Crippen LogP contribution in [0.2, 0.25) is 0 Å². The average molecular weight is 358 g/mol. The number of benzene rings is 2. The van der Waals surface area contributed by atoms with Crippen LogP contribution in [0.3, 0.4) is 0 Å². The number of hydrogen-bond donors (Lipinski definition) is 0. The largest absolute Gasteiger partial charge is 0.457 e. The van der Waals surface area contributed by atoms with Gasteiger partial charge in [-0.1, -0.05) is 24.3 Å². The minimum Gasteiger partial charge on any atom is -0.457 e. The molecule has 5 heteroatoms. The zero-order chi connectivity index (χ0) is 18.1. The van der Waals surface area contributed by atoms with Gasteiger partial charge in [-0.3, -0.25) is 0 Å². The zero-order valence-electron chi connectivity index (χ0n) is 15.1. The highest BCUT2D eigenvalue weighted by Gasteiger charge is 2.10. The number of ether oxygens (including phenoxy) is 1. The summed E-state index contributed by atoms with van der Waals surface area (Å²) in [6.45, 7) is 3.54. The molecule has 3 heterocycles. The maximum absolute atomic E-state index is 6.13. The predicted octanol–water partition coefficient (Wildman–Crippen LogP) is 2.77. The summed E-state index contributed by atoms with van der Waals surface area (Å²) < 4.78 is 15.0. The molecular weight excluding hydrogens is 336 g/mol. The van der Waals surface area contributed by atoms with E-state index >= 15 is 0 Å². The predicted molar refractivity (Wildman–Crippen MR) is 100 cm³/mol. The maximum Gasteiger partial charge on any atom is 0.244 e. The molecule has 0 fully saturated rings. The van der Waals surface area contributed by atoms with Crippen molar-refractivity contribution in [1.82, 2.24) is 9.13 Å². The quantitative estimate of drug-likeness (QED) is 0.444. The van der Waals surface area contributed by atoms with Crippen LogP contribution in [0.5, 0.6) is 11.5 Å². The standard InChI is InChI=1S/C22H22N4O/c1-3-19-13-21(5-1)27-22-6-2-4-20(14-22)16-26-12-10-24(18-26)8-7-23-9-11-25(15-19)17-23/h1-6,9-14,17-18H,7-8,15-16H2/q+2. The van der Waals surface area contributed by atoms with Gasteiger partial charge in [0.2, 0.25) is 12.7 Å². The first-order valence-corrected chi connectivity index (χ1v) is 9.26. The van der Waals surface area contributed by atoms with E-state index in [1.54, 1.807) is 0 Å². The second kappa shape index (κ2) is 6.76. The van der Waals surface area contributed by atoms with E-state index in [-0.39, 0.29) is 0 Å². The Morgan fingerprint density at radius 2 is 1.22 bits per heavy atom. The number of aryl methyl sites for hydroxylation is 2. The second-order valence-electron chi connectivity index (χ2n) is 7.04. The summed E-state index contributed by atoms with van der Waals surface area (Å²) in [7, 11) is 0. The Labute approximate surface area is 158 Å². The molecule has 2 aromatic heterocycles. The molecule has 8 bridgehead atoms. The summed E-state index contributed by atoms with van der Waals surface area (Å²) >= 11 is 0. The Bertz CT molecular complexity index is 993. The van der Waals surface area contributed by atoms with E-state index in [9.17, 15) is 0 Å². The molecule has 4 aromatic rings. The summed E-state index contributed by atoms with van der Waals surface area (Å²) in [4.78, 5) is 0. The Kier molecular flexibility index (Phi) is 3.98. The van der Waals surface area contributed by atoms with E-state index in [0.29, 0.717) is 0 Å². The lowest BCUT2D eigenvalue weighted by atomic mass is 10.2. The van der Waals surface area contributed by atoms with Crippen molar-refractivity contribution in [2.24, 2.45) is 0 Å². The van der Waals surface area contributed by atoms with Crippen LogP contribution in [-0.4, -0.2) is 9.13 Å². The third-order valence-corrected chi connectivity index (χ3v) is 4.87. The van der Waals surface area contributed by atoms with Crippen LogP contribution in [0, 0.1) is 0 Å². The summed E-state index contributed by atoms with van der Waals surface area (Å²) in [6.07, 6.45) is 12.8. The SMILES string of the molecule is c1cc2cc(c1)Oc1cccc(c1)C[n+]1ccn(c1)CCn1cc[n+](c1)C2. The smallest absolute Gasteiger partial charge is 0.244 e. The number of nitrogens with zero attached hydrogens (tertiary/aromatic N) is 4. The lowest BCUT2D eigenvalue weighted by Gasteiger charge is -2.08. The highest BCUT2D eigenvalue weighted by atomic mass is 16.5. The third-order valence-electron chi connectivity index (χ3n) is 4.87. The first-order valence-electron chi connectivity index (χ1n) is 9.26. The van der Waals surface area contributed by atoms with Crippen molar-refractivity contribution in [2.45, 2.75) is 26.2 Å². The number of rotatable bonds is 0. The van der Waals surface area contributed by atoms with Crippen LogP contribution in [-0.2, 0) is 26.2 Å². The molecule has 0 saturated heterocycles. The number of aromatic nitrogens is 4. The van der Waals surface area contributed by atoms with Gasteiger partial charge in [0.25, 0.3) is 0 Å². The molecule has 1 aliphatic heterocycles. The second-order valence-corrected chi connectivity index (χ2v) is 7.04. The first-order chi connectivity index (χ1) is 13.3. The van der Waals surface area contributed by atoms with E-state index in [0.717, 1.165) is 37.7 Å². The molecule has 0 spiro atoms. The van der Waals surface area contributed by atoms with Gasteiger partial charge < -0.3 is 4.74 Å².